The average molecular weight is 380 g/mol. The first kappa shape index (κ1) is 17.0. The Morgan fingerprint density at radius 2 is 2.07 bits per heavy atom. The number of para-hydroxylation sites is 1. The van der Waals surface area contributed by atoms with Crippen molar-refractivity contribution in [1.82, 2.24) is 15.1 Å². The summed E-state index contributed by atoms with van der Waals surface area (Å²) in [5.74, 6) is 2.44. The minimum atomic E-state index is 0.0606. The Kier molecular flexibility index (Phi) is 4.08. The molecule has 140 valence electrons. The predicted octanol–water partition coefficient (Wildman–Crippen LogP) is 4.95. The van der Waals surface area contributed by atoms with Gasteiger partial charge in [-0.25, -0.2) is 4.68 Å². The van der Waals surface area contributed by atoms with Crippen LogP contribution in [0.1, 0.15) is 48.0 Å². The highest BCUT2D eigenvalue weighted by atomic mass is 32.1. The van der Waals surface area contributed by atoms with E-state index >= 15 is 0 Å². The molecule has 0 saturated heterocycles. The fourth-order valence-electron chi connectivity index (χ4n) is 5.19. The highest BCUT2D eigenvalue weighted by Gasteiger charge is 2.42. The lowest BCUT2D eigenvalue weighted by Gasteiger charge is -2.28. The standard InChI is InChI=1S/C22H25N3OS/c1-13(18-11-15-8-9-16(18)10-15)23-21(26)20-12-19-14(2)24-25(22(19)27-20)17-6-4-3-5-7-17/h3-7,12-13,15-16,18H,8-11H2,1-2H3,(H,23,26)/t13-,15-,16-,18-/m1/s1. The molecule has 4 atom stereocenters. The van der Waals surface area contributed by atoms with E-state index in [1.54, 1.807) is 0 Å². The van der Waals surface area contributed by atoms with Crippen LogP contribution in [0.4, 0.5) is 0 Å². The second kappa shape index (κ2) is 6.48. The molecule has 2 aliphatic rings. The van der Waals surface area contributed by atoms with Crippen LogP contribution >= 0.6 is 11.3 Å². The number of benzene rings is 1. The van der Waals surface area contributed by atoms with Gasteiger partial charge in [-0.3, -0.25) is 4.79 Å². The van der Waals surface area contributed by atoms with Gasteiger partial charge in [0.1, 0.15) is 4.83 Å². The van der Waals surface area contributed by atoms with Gasteiger partial charge in [-0.1, -0.05) is 24.6 Å². The molecule has 5 rings (SSSR count). The largest absolute Gasteiger partial charge is 0.349 e. The van der Waals surface area contributed by atoms with Gasteiger partial charge in [0, 0.05) is 11.4 Å². The Morgan fingerprint density at radius 3 is 2.78 bits per heavy atom. The number of hydrogen-bond donors (Lipinski definition) is 1. The van der Waals surface area contributed by atoms with Gasteiger partial charge >= 0.3 is 0 Å². The number of aryl methyl sites for hydroxylation is 1. The predicted molar refractivity (Wildman–Crippen MR) is 110 cm³/mol. The molecule has 2 fully saturated rings. The topological polar surface area (TPSA) is 46.9 Å². The average Bonchev–Trinajstić information content (AvgIpc) is 3.44. The molecule has 2 saturated carbocycles. The molecule has 2 heterocycles. The van der Waals surface area contributed by atoms with Crippen LogP contribution in [0.15, 0.2) is 36.4 Å². The molecule has 0 radical (unpaired) electrons. The number of thiophene rings is 1. The van der Waals surface area contributed by atoms with Crippen molar-refractivity contribution in [3.63, 3.8) is 0 Å². The second-order valence-electron chi connectivity index (χ2n) is 8.26. The van der Waals surface area contributed by atoms with E-state index < -0.39 is 0 Å². The van der Waals surface area contributed by atoms with Crippen LogP contribution in [0.25, 0.3) is 15.9 Å². The lowest BCUT2D eigenvalue weighted by atomic mass is 9.84. The van der Waals surface area contributed by atoms with Crippen LogP contribution in [-0.4, -0.2) is 21.7 Å². The van der Waals surface area contributed by atoms with Crippen molar-refractivity contribution in [3.8, 4) is 5.69 Å². The van der Waals surface area contributed by atoms with Gasteiger partial charge in [0.15, 0.2) is 0 Å². The van der Waals surface area contributed by atoms with E-state index in [4.69, 9.17) is 0 Å². The lowest BCUT2D eigenvalue weighted by molar-refractivity contribution is 0.0919. The summed E-state index contributed by atoms with van der Waals surface area (Å²) in [6, 6.07) is 12.4. The van der Waals surface area contributed by atoms with Crippen LogP contribution in [0.5, 0.6) is 0 Å². The van der Waals surface area contributed by atoms with Crippen LogP contribution < -0.4 is 5.32 Å². The Morgan fingerprint density at radius 1 is 1.26 bits per heavy atom. The number of nitrogens with one attached hydrogen (secondary N) is 1. The third-order valence-corrected chi connectivity index (χ3v) is 7.67. The quantitative estimate of drug-likeness (QED) is 0.697. The second-order valence-corrected chi connectivity index (χ2v) is 9.29. The van der Waals surface area contributed by atoms with E-state index in [0.29, 0.717) is 5.92 Å². The third-order valence-electron chi connectivity index (χ3n) is 6.56. The van der Waals surface area contributed by atoms with Gasteiger partial charge in [-0.05, 0) is 69.1 Å². The van der Waals surface area contributed by atoms with Crippen molar-refractivity contribution in [3.05, 3.63) is 47.0 Å². The summed E-state index contributed by atoms with van der Waals surface area (Å²) in [7, 11) is 0. The van der Waals surface area contributed by atoms with E-state index in [-0.39, 0.29) is 11.9 Å². The van der Waals surface area contributed by atoms with Gasteiger partial charge in [-0.15, -0.1) is 11.3 Å². The highest BCUT2D eigenvalue weighted by Crippen LogP contribution is 2.49. The molecule has 2 bridgehead atoms. The van der Waals surface area contributed by atoms with Gasteiger partial charge in [-0.2, -0.15) is 5.10 Å². The molecule has 2 aliphatic carbocycles. The van der Waals surface area contributed by atoms with Gasteiger partial charge in [0.2, 0.25) is 0 Å². The SMILES string of the molecule is Cc1nn(-c2ccccc2)c2sc(C(=O)N[C@H](C)[C@H]3C[C@@H]4CC[C@@H]3C4)cc12. The number of carbonyl (C=O) groups is 1. The lowest BCUT2D eigenvalue weighted by Crippen LogP contribution is -2.39. The number of amides is 1. The van der Waals surface area contributed by atoms with Crippen molar-refractivity contribution >= 4 is 27.5 Å². The van der Waals surface area contributed by atoms with Gasteiger partial charge in [0.05, 0.1) is 16.3 Å². The number of carbonyl (C=O) groups excluding carboxylic acids is 1. The molecule has 2 aromatic heterocycles. The molecule has 1 N–H and O–H groups in total. The first-order valence-corrected chi connectivity index (χ1v) is 10.8. The smallest absolute Gasteiger partial charge is 0.261 e. The molecular weight excluding hydrogens is 354 g/mol. The minimum Gasteiger partial charge on any atom is -0.349 e. The molecule has 0 unspecified atom stereocenters. The third kappa shape index (κ3) is 2.89. The number of aromatic nitrogens is 2. The summed E-state index contributed by atoms with van der Waals surface area (Å²) in [5, 5.41) is 9.03. The maximum atomic E-state index is 12.9. The molecule has 3 aromatic rings. The summed E-state index contributed by atoms with van der Waals surface area (Å²) in [6.07, 6.45) is 5.42. The number of hydrogen-bond acceptors (Lipinski definition) is 3. The first-order valence-electron chi connectivity index (χ1n) is 9.95. The number of rotatable bonds is 4. The molecular formula is C22H25N3OS. The zero-order valence-corrected chi connectivity index (χ0v) is 16.6. The Balaban J connectivity index is 1.39. The van der Waals surface area contributed by atoms with Crippen molar-refractivity contribution < 1.29 is 4.79 Å². The summed E-state index contributed by atoms with van der Waals surface area (Å²) in [5.41, 5.74) is 1.99. The number of nitrogens with zero attached hydrogens (tertiary/aromatic N) is 2. The first-order chi connectivity index (χ1) is 13.1. The van der Waals surface area contributed by atoms with Gasteiger partial charge in [0.25, 0.3) is 5.91 Å². The van der Waals surface area contributed by atoms with Crippen LogP contribution in [0.2, 0.25) is 0 Å². The summed E-state index contributed by atoms with van der Waals surface area (Å²) in [6.45, 7) is 4.20. The molecule has 1 aromatic carbocycles. The Hall–Kier alpha value is -2.14. The summed E-state index contributed by atoms with van der Waals surface area (Å²) >= 11 is 1.54. The summed E-state index contributed by atoms with van der Waals surface area (Å²) < 4.78 is 1.95. The molecule has 4 nitrogen and oxygen atoms in total. The maximum absolute atomic E-state index is 12.9. The zero-order valence-electron chi connectivity index (χ0n) is 15.8. The van der Waals surface area contributed by atoms with E-state index in [1.807, 2.05) is 48.0 Å². The van der Waals surface area contributed by atoms with Crippen molar-refractivity contribution in [2.75, 3.05) is 0 Å². The summed E-state index contributed by atoms with van der Waals surface area (Å²) in [4.78, 5) is 14.7. The van der Waals surface area contributed by atoms with E-state index in [1.165, 1.54) is 37.0 Å². The molecule has 1 amide bonds. The Bertz CT molecular complexity index is 990. The monoisotopic (exact) mass is 379 g/mol. The van der Waals surface area contributed by atoms with E-state index in [9.17, 15) is 4.79 Å². The molecule has 0 spiro atoms. The molecule has 0 aliphatic heterocycles. The maximum Gasteiger partial charge on any atom is 0.261 e. The van der Waals surface area contributed by atoms with Crippen LogP contribution in [0, 0.1) is 24.7 Å². The minimum absolute atomic E-state index is 0.0606. The molecule has 27 heavy (non-hydrogen) atoms. The highest BCUT2D eigenvalue weighted by molar-refractivity contribution is 7.20. The normalized spacial score (nSPS) is 25.2. The van der Waals surface area contributed by atoms with Crippen molar-refractivity contribution in [1.29, 1.82) is 0 Å². The van der Waals surface area contributed by atoms with Crippen LogP contribution in [0.3, 0.4) is 0 Å². The van der Waals surface area contributed by atoms with Crippen molar-refractivity contribution in [2.45, 2.75) is 45.6 Å². The molecule has 5 heteroatoms. The van der Waals surface area contributed by atoms with Gasteiger partial charge < -0.3 is 5.32 Å². The van der Waals surface area contributed by atoms with E-state index in [0.717, 1.165) is 38.3 Å². The van der Waals surface area contributed by atoms with Crippen LogP contribution in [-0.2, 0) is 0 Å². The zero-order chi connectivity index (χ0) is 18.5. The Labute approximate surface area is 163 Å². The van der Waals surface area contributed by atoms with E-state index in [2.05, 4.69) is 17.3 Å². The fourth-order valence-corrected chi connectivity index (χ4v) is 6.28. The number of fused-ring (bicyclic) bond motifs is 3. The fraction of sp³-hybridized carbons (Fsp3) is 0.455. The van der Waals surface area contributed by atoms with Crippen molar-refractivity contribution in [2.24, 2.45) is 17.8 Å².